The highest BCUT2D eigenvalue weighted by Gasteiger charge is 2.36. The van der Waals surface area contributed by atoms with E-state index in [1.807, 2.05) is 18.2 Å². The topological polar surface area (TPSA) is 88.5 Å². The molecular weight excluding hydrogens is 483 g/mol. The Balaban J connectivity index is 0.00000289. The first-order chi connectivity index (χ1) is 15.5. The molecule has 10 heteroatoms. The second kappa shape index (κ2) is 14.9. The van der Waals surface area contributed by atoms with Gasteiger partial charge in [-0.3, -0.25) is 9.80 Å². The van der Waals surface area contributed by atoms with Gasteiger partial charge in [-0.1, -0.05) is 48.5 Å². The number of rotatable bonds is 10. The number of ether oxygens (including phenoxy) is 3. The molecule has 0 spiro atoms. The number of para-hydroxylation sites is 1. The van der Waals surface area contributed by atoms with E-state index < -0.39 is 24.1 Å². The van der Waals surface area contributed by atoms with Crippen molar-refractivity contribution in [1.29, 1.82) is 0 Å². The first-order valence-electron chi connectivity index (χ1n) is 10.6. The van der Waals surface area contributed by atoms with Gasteiger partial charge in [-0.05, 0) is 11.6 Å². The number of methoxy groups -OCH3 is 2. The maximum Gasteiger partial charge on any atom is 0.344 e. The molecule has 1 aliphatic rings. The standard InChI is InChI=1S/C24H30N2O6.2ClH/c1-30-21(23(27)28)22(31-2)24(29)32-20-11-7-6-10-19(20)17-26-14-12-25(13-15-26)16-18-8-4-3-5-9-18;;/h3-11,21-22H,12-17H2,1-2H3,(H,27,28);2*1H. The van der Waals surface area contributed by atoms with Crippen molar-refractivity contribution in [2.45, 2.75) is 25.3 Å². The van der Waals surface area contributed by atoms with E-state index in [0.29, 0.717) is 12.3 Å². The summed E-state index contributed by atoms with van der Waals surface area (Å²) >= 11 is 0. The van der Waals surface area contributed by atoms with E-state index in [1.54, 1.807) is 12.1 Å². The highest BCUT2D eigenvalue weighted by atomic mass is 35.5. The molecule has 188 valence electrons. The molecule has 1 N–H and O–H groups in total. The number of carbonyl (C=O) groups excluding carboxylic acids is 1. The minimum atomic E-state index is -1.45. The Labute approximate surface area is 212 Å². The van der Waals surface area contributed by atoms with Crippen molar-refractivity contribution < 1.29 is 28.9 Å². The van der Waals surface area contributed by atoms with Crippen molar-refractivity contribution in [2.75, 3.05) is 40.4 Å². The molecule has 8 nitrogen and oxygen atoms in total. The molecular formula is C24H32Cl2N2O6. The van der Waals surface area contributed by atoms with Crippen LogP contribution in [-0.4, -0.2) is 79.5 Å². The van der Waals surface area contributed by atoms with Crippen LogP contribution >= 0.6 is 24.8 Å². The Bertz CT molecular complexity index is 894. The summed E-state index contributed by atoms with van der Waals surface area (Å²) in [7, 11) is 2.46. The SMILES string of the molecule is COC(C(=O)O)C(OC)C(=O)Oc1ccccc1CN1CCN(Cc2ccccc2)CC1.Cl.Cl. The smallest absolute Gasteiger partial charge is 0.344 e. The lowest BCUT2D eigenvalue weighted by Crippen LogP contribution is -2.45. The largest absolute Gasteiger partial charge is 0.479 e. The number of esters is 1. The molecule has 3 rings (SSSR count). The van der Waals surface area contributed by atoms with E-state index in [4.69, 9.17) is 14.2 Å². The van der Waals surface area contributed by atoms with Gasteiger partial charge >= 0.3 is 11.9 Å². The predicted octanol–water partition coefficient (Wildman–Crippen LogP) is 2.87. The van der Waals surface area contributed by atoms with E-state index in [-0.39, 0.29) is 24.8 Å². The van der Waals surface area contributed by atoms with E-state index in [2.05, 4.69) is 34.1 Å². The normalized spacial score (nSPS) is 15.9. The number of benzene rings is 2. The Morgan fingerprint density at radius 1 is 0.824 bits per heavy atom. The summed E-state index contributed by atoms with van der Waals surface area (Å²) in [6.45, 7) is 5.28. The van der Waals surface area contributed by atoms with Crippen molar-refractivity contribution >= 4 is 36.8 Å². The third kappa shape index (κ3) is 8.23. The summed E-state index contributed by atoms with van der Waals surface area (Å²) in [5, 5.41) is 9.25. The fourth-order valence-corrected chi connectivity index (χ4v) is 3.79. The number of aliphatic carboxylic acids is 1. The van der Waals surface area contributed by atoms with Crippen LogP contribution < -0.4 is 4.74 Å². The Morgan fingerprint density at radius 2 is 1.35 bits per heavy atom. The zero-order chi connectivity index (χ0) is 22.9. The van der Waals surface area contributed by atoms with Gasteiger partial charge in [-0.2, -0.15) is 0 Å². The maximum atomic E-state index is 12.6. The van der Waals surface area contributed by atoms with Crippen LogP contribution in [-0.2, 0) is 32.2 Å². The number of hydrogen-bond donors (Lipinski definition) is 1. The van der Waals surface area contributed by atoms with Crippen LogP contribution in [0, 0.1) is 0 Å². The third-order valence-corrected chi connectivity index (χ3v) is 5.55. The molecule has 2 aromatic rings. The van der Waals surface area contributed by atoms with Crippen molar-refractivity contribution in [1.82, 2.24) is 9.80 Å². The molecule has 0 aromatic heterocycles. The quantitative estimate of drug-likeness (QED) is 0.382. The van der Waals surface area contributed by atoms with Crippen LogP contribution in [0.15, 0.2) is 54.6 Å². The first-order valence-corrected chi connectivity index (χ1v) is 10.6. The van der Waals surface area contributed by atoms with Crippen LogP contribution in [0.1, 0.15) is 11.1 Å². The molecule has 1 fully saturated rings. The van der Waals surface area contributed by atoms with Gasteiger partial charge < -0.3 is 19.3 Å². The van der Waals surface area contributed by atoms with Crippen molar-refractivity contribution in [3.05, 3.63) is 65.7 Å². The fraction of sp³-hybridized carbons (Fsp3) is 0.417. The van der Waals surface area contributed by atoms with Crippen LogP contribution in [0.2, 0.25) is 0 Å². The first kappa shape index (κ1) is 29.8. The number of nitrogens with zero attached hydrogens (tertiary/aromatic N) is 2. The zero-order valence-electron chi connectivity index (χ0n) is 19.3. The molecule has 1 aliphatic heterocycles. The molecule has 2 unspecified atom stereocenters. The lowest BCUT2D eigenvalue weighted by Gasteiger charge is -2.35. The minimum absolute atomic E-state index is 0. The molecule has 1 saturated heterocycles. The minimum Gasteiger partial charge on any atom is -0.479 e. The molecule has 34 heavy (non-hydrogen) atoms. The predicted molar refractivity (Wildman–Crippen MR) is 133 cm³/mol. The number of halogens is 2. The lowest BCUT2D eigenvalue weighted by molar-refractivity contribution is -0.169. The van der Waals surface area contributed by atoms with Crippen LogP contribution in [0.4, 0.5) is 0 Å². The Kier molecular flexibility index (Phi) is 13.1. The third-order valence-electron chi connectivity index (χ3n) is 5.55. The fourth-order valence-electron chi connectivity index (χ4n) is 3.79. The highest BCUT2D eigenvalue weighted by Crippen LogP contribution is 2.22. The van der Waals surface area contributed by atoms with Gasteiger partial charge in [0, 0.05) is 59.1 Å². The number of carbonyl (C=O) groups is 2. The molecule has 0 aliphatic carbocycles. The average molecular weight is 515 g/mol. The van der Waals surface area contributed by atoms with Crippen molar-refractivity contribution in [3.63, 3.8) is 0 Å². The van der Waals surface area contributed by atoms with Gasteiger partial charge in [0.2, 0.25) is 0 Å². The molecule has 0 saturated carbocycles. The second-order valence-corrected chi connectivity index (χ2v) is 7.72. The average Bonchev–Trinajstić information content (AvgIpc) is 2.80. The zero-order valence-corrected chi connectivity index (χ0v) is 20.9. The van der Waals surface area contributed by atoms with E-state index in [0.717, 1.165) is 38.3 Å². The van der Waals surface area contributed by atoms with Crippen LogP contribution in [0.25, 0.3) is 0 Å². The van der Waals surface area contributed by atoms with E-state index in [1.165, 1.54) is 19.8 Å². The Hall–Kier alpha value is -2.20. The summed E-state index contributed by atoms with van der Waals surface area (Å²) in [5.41, 5.74) is 2.16. The second-order valence-electron chi connectivity index (χ2n) is 7.72. The summed E-state index contributed by atoms with van der Waals surface area (Å²) in [6, 6.07) is 17.7. The molecule has 0 bridgehead atoms. The number of carboxylic acid groups (broad SMARTS) is 1. The number of carboxylic acids is 1. The molecule has 2 aromatic carbocycles. The highest BCUT2D eigenvalue weighted by molar-refractivity contribution is 5.86. The maximum absolute atomic E-state index is 12.6. The van der Waals surface area contributed by atoms with Gasteiger partial charge in [0.05, 0.1) is 0 Å². The van der Waals surface area contributed by atoms with Gasteiger partial charge in [0.1, 0.15) is 5.75 Å². The van der Waals surface area contributed by atoms with E-state index >= 15 is 0 Å². The Morgan fingerprint density at radius 3 is 1.91 bits per heavy atom. The van der Waals surface area contributed by atoms with Crippen LogP contribution in [0.3, 0.4) is 0 Å². The number of piperazine rings is 1. The monoisotopic (exact) mass is 514 g/mol. The summed E-state index contributed by atoms with van der Waals surface area (Å²) in [4.78, 5) is 28.7. The van der Waals surface area contributed by atoms with E-state index in [9.17, 15) is 14.7 Å². The lowest BCUT2D eigenvalue weighted by atomic mass is 10.1. The molecule has 1 heterocycles. The van der Waals surface area contributed by atoms with Gasteiger partial charge in [-0.25, -0.2) is 9.59 Å². The van der Waals surface area contributed by atoms with Crippen molar-refractivity contribution in [2.24, 2.45) is 0 Å². The molecule has 0 amide bonds. The summed E-state index contributed by atoms with van der Waals surface area (Å²) < 4.78 is 15.5. The van der Waals surface area contributed by atoms with Crippen LogP contribution in [0.5, 0.6) is 5.75 Å². The van der Waals surface area contributed by atoms with Gasteiger partial charge in [0.15, 0.2) is 12.2 Å². The van der Waals surface area contributed by atoms with Gasteiger partial charge in [-0.15, -0.1) is 24.8 Å². The summed E-state index contributed by atoms with van der Waals surface area (Å²) in [6.07, 6.45) is -2.82. The molecule has 2 atom stereocenters. The van der Waals surface area contributed by atoms with Crippen molar-refractivity contribution in [3.8, 4) is 5.75 Å². The molecule has 0 radical (unpaired) electrons. The number of hydrogen-bond acceptors (Lipinski definition) is 7. The van der Waals surface area contributed by atoms with Gasteiger partial charge in [0.25, 0.3) is 0 Å². The summed E-state index contributed by atoms with van der Waals surface area (Å²) in [5.74, 6) is -1.70.